The van der Waals surface area contributed by atoms with Gasteiger partial charge in [0, 0.05) is 51.3 Å². The first-order valence-electron chi connectivity index (χ1n) is 9.70. The monoisotopic (exact) mass is 433 g/mol. The van der Waals surface area contributed by atoms with Crippen LogP contribution in [-0.4, -0.2) is 68.8 Å². The first-order valence-corrected chi connectivity index (χ1v) is 9.70. The van der Waals surface area contributed by atoms with Crippen LogP contribution in [0.5, 0.6) is 5.75 Å². The number of hydrogen-bond acceptors (Lipinski definition) is 5. The number of carbonyl (C=O) groups excluding carboxylic acids is 1. The molecule has 160 valence electrons. The molecule has 0 spiro atoms. The van der Waals surface area contributed by atoms with Gasteiger partial charge in [-0.2, -0.15) is 0 Å². The van der Waals surface area contributed by atoms with Crippen molar-refractivity contribution in [1.29, 1.82) is 0 Å². The van der Waals surface area contributed by atoms with E-state index in [2.05, 4.69) is 28.4 Å². The standard InChI is InChI=1S/C20H31N3O3.2ClH/c1-25-19-6-5-17(14-18(19)16-22-10-12-26-13-11-22)15-21-7-3-9-23-8-2-4-20(23)24;;/h5-6,14,21H,2-4,7-13,15-16H2,1H3;2*1H. The summed E-state index contributed by atoms with van der Waals surface area (Å²) >= 11 is 0. The SMILES string of the molecule is COc1ccc(CNCCCN2CCCC2=O)cc1CN1CCOCC1.Cl.Cl. The van der Waals surface area contributed by atoms with Crippen molar-refractivity contribution < 1.29 is 14.3 Å². The molecule has 2 heterocycles. The molecule has 0 aliphatic carbocycles. The van der Waals surface area contributed by atoms with Crippen molar-refractivity contribution in [2.45, 2.75) is 32.4 Å². The summed E-state index contributed by atoms with van der Waals surface area (Å²) in [7, 11) is 1.73. The lowest BCUT2D eigenvalue weighted by Gasteiger charge is -2.27. The van der Waals surface area contributed by atoms with Crippen molar-refractivity contribution >= 4 is 30.7 Å². The van der Waals surface area contributed by atoms with E-state index in [0.29, 0.717) is 5.91 Å². The molecule has 2 saturated heterocycles. The van der Waals surface area contributed by atoms with Crippen molar-refractivity contribution in [3.8, 4) is 5.75 Å². The molecule has 1 aromatic carbocycles. The molecule has 2 fully saturated rings. The minimum Gasteiger partial charge on any atom is -0.496 e. The van der Waals surface area contributed by atoms with E-state index in [1.54, 1.807) is 7.11 Å². The van der Waals surface area contributed by atoms with Gasteiger partial charge in [-0.05, 0) is 37.1 Å². The third-order valence-electron chi connectivity index (χ3n) is 5.12. The van der Waals surface area contributed by atoms with Gasteiger partial charge in [0.2, 0.25) is 5.91 Å². The maximum absolute atomic E-state index is 11.6. The number of hydrogen-bond donors (Lipinski definition) is 1. The van der Waals surface area contributed by atoms with Crippen LogP contribution in [-0.2, 0) is 22.6 Å². The number of methoxy groups -OCH3 is 1. The molecule has 2 aliphatic heterocycles. The molecule has 1 aromatic rings. The number of morpholine rings is 1. The van der Waals surface area contributed by atoms with Gasteiger partial charge in [-0.1, -0.05) is 6.07 Å². The number of ether oxygens (including phenoxy) is 2. The molecule has 1 N–H and O–H groups in total. The summed E-state index contributed by atoms with van der Waals surface area (Å²) < 4.78 is 11.0. The van der Waals surface area contributed by atoms with Crippen molar-refractivity contribution in [2.75, 3.05) is 53.0 Å². The van der Waals surface area contributed by atoms with Crippen molar-refractivity contribution in [3.63, 3.8) is 0 Å². The van der Waals surface area contributed by atoms with Gasteiger partial charge in [-0.25, -0.2) is 0 Å². The molecule has 1 amide bonds. The summed E-state index contributed by atoms with van der Waals surface area (Å²) in [6.45, 7) is 8.03. The van der Waals surface area contributed by atoms with Gasteiger partial charge in [-0.15, -0.1) is 24.8 Å². The van der Waals surface area contributed by atoms with Crippen LogP contribution in [0.4, 0.5) is 0 Å². The normalized spacial score (nSPS) is 17.2. The summed E-state index contributed by atoms with van der Waals surface area (Å²) in [6, 6.07) is 6.43. The maximum Gasteiger partial charge on any atom is 0.222 e. The molecule has 0 atom stereocenters. The Morgan fingerprint density at radius 3 is 2.64 bits per heavy atom. The molecule has 0 bridgehead atoms. The summed E-state index contributed by atoms with van der Waals surface area (Å²) in [5.41, 5.74) is 2.50. The van der Waals surface area contributed by atoms with E-state index in [-0.39, 0.29) is 24.8 Å². The molecule has 0 unspecified atom stereocenters. The zero-order valence-electron chi connectivity index (χ0n) is 16.7. The Labute approximate surface area is 180 Å². The predicted molar refractivity (Wildman–Crippen MR) is 116 cm³/mol. The summed E-state index contributed by atoms with van der Waals surface area (Å²) in [6.07, 6.45) is 2.75. The fourth-order valence-corrected chi connectivity index (χ4v) is 3.63. The highest BCUT2D eigenvalue weighted by Gasteiger charge is 2.19. The molecule has 6 nitrogen and oxygen atoms in total. The molecule has 8 heteroatoms. The lowest BCUT2D eigenvalue weighted by Crippen LogP contribution is -2.35. The van der Waals surface area contributed by atoms with Crippen LogP contribution in [0, 0.1) is 0 Å². The number of likely N-dealkylation sites (tertiary alicyclic amines) is 1. The molecule has 28 heavy (non-hydrogen) atoms. The predicted octanol–water partition coefficient (Wildman–Crippen LogP) is 2.47. The Hall–Kier alpha value is -1.05. The maximum atomic E-state index is 11.6. The molecule has 0 saturated carbocycles. The van der Waals surface area contributed by atoms with Crippen molar-refractivity contribution in [2.24, 2.45) is 0 Å². The topological polar surface area (TPSA) is 54.0 Å². The molecule has 3 rings (SSSR count). The molecular weight excluding hydrogens is 401 g/mol. The van der Waals surface area contributed by atoms with Crippen LogP contribution in [0.3, 0.4) is 0 Å². The van der Waals surface area contributed by atoms with Crippen LogP contribution in [0.1, 0.15) is 30.4 Å². The van der Waals surface area contributed by atoms with Gasteiger partial charge in [0.1, 0.15) is 5.75 Å². The highest BCUT2D eigenvalue weighted by molar-refractivity contribution is 5.85. The number of rotatable bonds is 9. The lowest BCUT2D eigenvalue weighted by molar-refractivity contribution is -0.127. The number of amides is 1. The average Bonchev–Trinajstić information content (AvgIpc) is 3.07. The third kappa shape index (κ3) is 7.41. The van der Waals surface area contributed by atoms with Crippen LogP contribution in [0.2, 0.25) is 0 Å². The second-order valence-corrected chi connectivity index (χ2v) is 7.05. The third-order valence-corrected chi connectivity index (χ3v) is 5.12. The van der Waals surface area contributed by atoms with E-state index in [4.69, 9.17) is 9.47 Å². The molecule has 0 aromatic heterocycles. The van der Waals surface area contributed by atoms with Crippen LogP contribution >= 0.6 is 24.8 Å². The quantitative estimate of drug-likeness (QED) is 0.606. The summed E-state index contributed by atoms with van der Waals surface area (Å²) in [4.78, 5) is 16.0. The van der Waals surface area contributed by atoms with Gasteiger partial charge in [-0.3, -0.25) is 9.69 Å². The lowest BCUT2D eigenvalue weighted by atomic mass is 10.1. The van der Waals surface area contributed by atoms with E-state index in [1.165, 1.54) is 11.1 Å². The highest BCUT2D eigenvalue weighted by atomic mass is 35.5. The smallest absolute Gasteiger partial charge is 0.222 e. The zero-order chi connectivity index (χ0) is 18.2. The van der Waals surface area contributed by atoms with E-state index < -0.39 is 0 Å². The van der Waals surface area contributed by atoms with Gasteiger partial charge < -0.3 is 19.7 Å². The Morgan fingerprint density at radius 1 is 1.18 bits per heavy atom. The fraction of sp³-hybridized carbons (Fsp3) is 0.650. The molecular formula is C20H33Cl2N3O3. The minimum atomic E-state index is 0. The van der Waals surface area contributed by atoms with Crippen LogP contribution in [0.15, 0.2) is 18.2 Å². The minimum absolute atomic E-state index is 0. The average molecular weight is 434 g/mol. The molecule has 2 aliphatic rings. The first-order chi connectivity index (χ1) is 12.8. The Balaban J connectivity index is 0.00000196. The fourth-order valence-electron chi connectivity index (χ4n) is 3.63. The van der Waals surface area contributed by atoms with E-state index in [0.717, 1.165) is 84.0 Å². The van der Waals surface area contributed by atoms with Crippen molar-refractivity contribution in [1.82, 2.24) is 15.1 Å². The Kier molecular flexibility index (Phi) is 11.8. The Morgan fingerprint density at radius 2 is 1.96 bits per heavy atom. The van der Waals surface area contributed by atoms with Crippen LogP contribution in [0.25, 0.3) is 0 Å². The number of nitrogens with one attached hydrogen (secondary N) is 1. The van der Waals surface area contributed by atoms with Gasteiger partial charge in [0.05, 0.1) is 20.3 Å². The van der Waals surface area contributed by atoms with E-state index >= 15 is 0 Å². The summed E-state index contributed by atoms with van der Waals surface area (Å²) in [5.74, 6) is 1.26. The number of benzene rings is 1. The Bertz CT molecular complexity index is 598. The summed E-state index contributed by atoms with van der Waals surface area (Å²) in [5, 5.41) is 3.50. The second kappa shape index (κ2) is 13.2. The molecule has 0 radical (unpaired) electrons. The van der Waals surface area contributed by atoms with Gasteiger partial charge >= 0.3 is 0 Å². The highest BCUT2D eigenvalue weighted by Crippen LogP contribution is 2.22. The van der Waals surface area contributed by atoms with Crippen LogP contribution < -0.4 is 10.1 Å². The first kappa shape index (κ1) is 25.0. The number of carbonyl (C=O) groups is 1. The zero-order valence-corrected chi connectivity index (χ0v) is 18.3. The van der Waals surface area contributed by atoms with E-state index in [1.807, 2.05) is 4.90 Å². The van der Waals surface area contributed by atoms with Gasteiger partial charge in [0.25, 0.3) is 0 Å². The largest absolute Gasteiger partial charge is 0.496 e. The van der Waals surface area contributed by atoms with Crippen molar-refractivity contribution in [3.05, 3.63) is 29.3 Å². The van der Waals surface area contributed by atoms with E-state index in [9.17, 15) is 4.79 Å². The number of halogens is 2. The number of nitrogens with zero attached hydrogens (tertiary/aromatic N) is 2. The second-order valence-electron chi connectivity index (χ2n) is 7.05. The van der Waals surface area contributed by atoms with Gasteiger partial charge in [0.15, 0.2) is 0 Å².